The minimum atomic E-state index is -1.14. The Morgan fingerprint density at radius 3 is 2.14 bits per heavy atom. The molecule has 0 aliphatic rings. The molecule has 0 unspecified atom stereocenters. The molecule has 4 nitrogen and oxygen atoms in total. The van der Waals surface area contributed by atoms with E-state index in [1.807, 2.05) is 32.0 Å². The van der Waals surface area contributed by atoms with Crippen molar-refractivity contribution in [2.45, 2.75) is 20.5 Å². The molecule has 0 atom stereocenters. The van der Waals surface area contributed by atoms with E-state index in [2.05, 4.69) is 0 Å². The lowest BCUT2D eigenvalue weighted by atomic mass is 10.1. The van der Waals surface area contributed by atoms with E-state index in [4.69, 9.17) is 9.84 Å². The van der Waals surface area contributed by atoms with Crippen molar-refractivity contribution < 1.29 is 19.4 Å². The molecule has 4 heteroatoms. The number of carbonyl (C=O) groups is 2. The second-order valence-corrected chi connectivity index (χ2v) is 4.92. The lowest BCUT2D eigenvalue weighted by Crippen LogP contribution is -2.11. The summed E-state index contributed by atoms with van der Waals surface area (Å²) in [5.41, 5.74) is 3.07. The third-order valence-electron chi connectivity index (χ3n) is 3.03. The van der Waals surface area contributed by atoms with Crippen molar-refractivity contribution in [1.29, 1.82) is 0 Å². The summed E-state index contributed by atoms with van der Waals surface area (Å²) in [5, 5.41) is 9.06. The van der Waals surface area contributed by atoms with Crippen LogP contribution in [-0.4, -0.2) is 17.0 Å². The molecule has 2 aromatic carbocycles. The Hall–Kier alpha value is -2.62. The average molecular weight is 284 g/mol. The molecule has 0 aliphatic carbocycles. The Labute approximate surface area is 123 Å². The first-order valence-corrected chi connectivity index (χ1v) is 6.54. The molecule has 0 radical (unpaired) electrons. The van der Waals surface area contributed by atoms with Gasteiger partial charge in [0.1, 0.15) is 6.61 Å². The van der Waals surface area contributed by atoms with Crippen LogP contribution in [0.2, 0.25) is 0 Å². The fourth-order valence-electron chi connectivity index (χ4n) is 2.23. The van der Waals surface area contributed by atoms with Crippen LogP contribution in [0, 0.1) is 13.8 Å². The standard InChI is InChI=1S/C17H16O4/c1-11-7-12(2)9-13(8-11)10-21-17(20)15-6-4-3-5-14(15)16(18)19/h3-9H,10H2,1-2H3,(H,18,19). The number of hydrogen-bond donors (Lipinski definition) is 1. The van der Waals surface area contributed by atoms with Crippen LogP contribution in [0.4, 0.5) is 0 Å². The van der Waals surface area contributed by atoms with Crippen LogP contribution in [0.3, 0.4) is 0 Å². The third-order valence-corrected chi connectivity index (χ3v) is 3.03. The maximum atomic E-state index is 12.0. The molecule has 0 aliphatic heterocycles. The molecule has 0 saturated carbocycles. The highest BCUT2D eigenvalue weighted by Gasteiger charge is 2.16. The maximum Gasteiger partial charge on any atom is 0.339 e. The van der Waals surface area contributed by atoms with Gasteiger partial charge in [0.05, 0.1) is 11.1 Å². The van der Waals surface area contributed by atoms with E-state index in [-0.39, 0.29) is 17.7 Å². The highest BCUT2D eigenvalue weighted by molar-refractivity contribution is 6.02. The third kappa shape index (κ3) is 3.69. The van der Waals surface area contributed by atoms with Gasteiger partial charge in [0, 0.05) is 0 Å². The van der Waals surface area contributed by atoms with Crippen molar-refractivity contribution in [3.63, 3.8) is 0 Å². The monoisotopic (exact) mass is 284 g/mol. The van der Waals surface area contributed by atoms with Crippen molar-refractivity contribution in [2.24, 2.45) is 0 Å². The molecular formula is C17H16O4. The quantitative estimate of drug-likeness (QED) is 0.874. The summed E-state index contributed by atoms with van der Waals surface area (Å²) in [7, 11) is 0. The first-order valence-electron chi connectivity index (χ1n) is 6.54. The van der Waals surface area contributed by atoms with Crippen molar-refractivity contribution in [1.82, 2.24) is 0 Å². The highest BCUT2D eigenvalue weighted by Crippen LogP contribution is 2.14. The molecule has 2 rings (SSSR count). The summed E-state index contributed by atoms with van der Waals surface area (Å²) in [5.74, 6) is -1.78. The number of aromatic carboxylic acids is 1. The zero-order valence-electron chi connectivity index (χ0n) is 11.9. The first-order chi connectivity index (χ1) is 9.97. The Morgan fingerprint density at radius 1 is 1.00 bits per heavy atom. The predicted molar refractivity (Wildman–Crippen MR) is 78.4 cm³/mol. The van der Waals surface area contributed by atoms with E-state index >= 15 is 0 Å². The van der Waals surface area contributed by atoms with Crippen molar-refractivity contribution >= 4 is 11.9 Å². The molecule has 0 saturated heterocycles. The second-order valence-electron chi connectivity index (χ2n) is 4.92. The van der Waals surface area contributed by atoms with Crippen molar-refractivity contribution in [3.8, 4) is 0 Å². The molecule has 108 valence electrons. The summed E-state index contributed by atoms with van der Waals surface area (Å²) in [6.45, 7) is 4.06. The summed E-state index contributed by atoms with van der Waals surface area (Å²) in [4.78, 5) is 23.1. The Kier molecular flexibility index (Phi) is 4.38. The van der Waals surface area contributed by atoms with E-state index in [0.717, 1.165) is 16.7 Å². The van der Waals surface area contributed by atoms with Gasteiger partial charge < -0.3 is 9.84 Å². The maximum absolute atomic E-state index is 12.0. The molecule has 21 heavy (non-hydrogen) atoms. The fraction of sp³-hybridized carbons (Fsp3) is 0.176. The Bertz CT molecular complexity index is 669. The number of rotatable bonds is 4. The van der Waals surface area contributed by atoms with Crippen LogP contribution in [0.15, 0.2) is 42.5 Å². The minimum absolute atomic E-state index is 0.0528. The van der Waals surface area contributed by atoms with E-state index in [0.29, 0.717) is 0 Å². The summed E-state index contributed by atoms with van der Waals surface area (Å²) >= 11 is 0. The van der Waals surface area contributed by atoms with Crippen LogP contribution >= 0.6 is 0 Å². The van der Waals surface area contributed by atoms with Gasteiger partial charge in [0.2, 0.25) is 0 Å². The van der Waals surface area contributed by atoms with Gasteiger partial charge in [-0.2, -0.15) is 0 Å². The number of carbonyl (C=O) groups excluding carboxylic acids is 1. The molecule has 1 N–H and O–H groups in total. The number of carboxylic acids is 1. The number of carboxylic acid groups (broad SMARTS) is 1. The normalized spacial score (nSPS) is 10.2. The summed E-state index contributed by atoms with van der Waals surface area (Å²) in [6, 6.07) is 11.9. The molecule has 0 amide bonds. The lowest BCUT2D eigenvalue weighted by Gasteiger charge is -2.08. The lowest BCUT2D eigenvalue weighted by molar-refractivity contribution is 0.0463. The van der Waals surface area contributed by atoms with Crippen LogP contribution in [0.5, 0.6) is 0 Å². The Balaban J connectivity index is 2.14. The molecule has 0 bridgehead atoms. The van der Waals surface area contributed by atoms with E-state index in [1.165, 1.54) is 12.1 Å². The number of esters is 1. The van der Waals surface area contributed by atoms with Crippen LogP contribution in [0.1, 0.15) is 37.4 Å². The van der Waals surface area contributed by atoms with E-state index < -0.39 is 11.9 Å². The molecular weight excluding hydrogens is 268 g/mol. The van der Waals surface area contributed by atoms with Crippen LogP contribution in [0.25, 0.3) is 0 Å². The SMILES string of the molecule is Cc1cc(C)cc(COC(=O)c2ccccc2C(=O)O)c1. The minimum Gasteiger partial charge on any atom is -0.478 e. The first kappa shape index (κ1) is 14.8. The zero-order valence-corrected chi connectivity index (χ0v) is 11.9. The van der Waals surface area contributed by atoms with Gasteiger partial charge in [0.15, 0.2) is 0 Å². The fourth-order valence-corrected chi connectivity index (χ4v) is 2.23. The second kappa shape index (κ2) is 6.22. The van der Waals surface area contributed by atoms with Gasteiger partial charge in [-0.25, -0.2) is 9.59 Å². The van der Waals surface area contributed by atoms with Gasteiger partial charge >= 0.3 is 11.9 Å². The summed E-state index contributed by atoms with van der Waals surface area (Å²) < 4.78 is 5.21. The molecule has 0 heterocycles. The van der Waals surface area contributed by atoms with Crippen molar-refractivity contribution in [2.75, 3.05) is 0 Å². The topological polar surface area (TPSA) is 63.6 Å². The average Bonchev–Trinajstić information content (AvgIpc) is 2.43. The van der Waals surface area contributed by atoms with Crippen LogP contribution < -0.4 is 0 Å². The largest absolute Gasteiger partial charge is 0.478 e. The highest BCUT2D eigenvalue weighted by atomic mass is 16.5. The number of hydrogen-bond acceptors (Lipinski definition) is 3. The number of aryl methyl sites for hydroxylation is 2. The van der Waals surface area contributed by atoms with Gasteiger partial charge in [-0.15, -0.1) is 0 Å². The molecule has 0 spiro atoms. The van der Waals surface area contributed by atoms with Gasteiger partial charge in [0.25, 0.3) is 0 Å². The number of benzene rings is 2. The van der Waals surface area contributed by atoms with E-state index in [1.54, 1.807) is 12.1 Å². The predicted octanol–water partition coefficient (Wildman–Crippen LogP) is 3.36. The molecule has 2 aromatic rings. The molecule has 0 aromatic heterocycles. The van der Waals surface area contributed by atoms with Gasteiger partial charge in [-0.3, -0.25) is 0 Å². The van der Waals surface area contributed by atoms with Gasteiger partial charge in [-0.1, -0.05) is 41.5 Å². The smallest absolute Gasteiger partial charge is 0.339 e. The zero-order chi connectivity index (χ0) is 15.4. The van der Waals surface area contributed by atoms with Crippen molar-refractivity contribution in [3.05, 3.63) is 70.3 Å². The van der Waals surface area contributed by atoms with E-state index in [9.17, 15) is 9.59 Å². The molecule has 0 fully saturated rings. The van der Waals surface area contributed by atoms with Crippen LogP contribution in [-0.2, 0) is 11.3 Å². The van der Waals surface area contributed by atoms with Gasteiger partial charge in [-0.05, 0) is 31.5 Å². The number of ether oxygens (including phenoxy) is 1. The summed E-state index contributed by atoms with van der Waals surface area (Å²) in [6.07, 6.45) is 0. The Morgan fingerprint density at radius 2 is 1.57 bits per heavy atom.